The monoisotopic (exact) mass is 402 g/mol. The third-order valence-electron chi connectivity index (χ3n) is 4.25. The second-order valence-electron chi connectivity index (χ2n) is 6.05. The average molecular weight is 403 g/mol. The van der Waals surface area contributed by atoms with Gasteiger partial charge in [-0.1, -0.05) is 34.1 Å². The highest BCUT2D eigenvalue weighted by atomic mass is 79.9. The van der Waals surface area contributed by atoms with Gasteiger partial charge in [-0.3, -0.25) is 9.59 Å². The van der Waals surface area contributed by atoms with E-state index in [1.165, 1.54) is 0 Å². The third kappa shape index (κ3) is 4.20. The van der Waals surface area contributed by atoms with Crippen LogP contribution in [-0.4, -0.2) is 29.8 Å². The molecular formula is C19H19BrN2O3. The fraction of sp³-hybridized carbons (Fsp3) is 0.263. The van der Waals surface area contributed by atoms with Gasteiger partial charge in [0.2, 0.25) is 5.91 Å². The number of nitrogens with zero attached hydrogens (tertiary/aromatic N) is 1. The number of rotatable bonds is 4. The van der Waals surface area contributed by atoms with Gasteiger partial charge in [0.25, 0.3) is 5.91 Å². The fourth-order valence-electron chi connectivity index (χ4n) is 2.95. The first-order valence-corrected chi connectivity index (χ1v) is 8.95. The SMILES string of the molecule is NC(=O)C1CCCN(C(=O)c2ccccc2Oc2cccc(Br)c2)C1. The summed E-state index contributed by atoms with van der Waals surface area (Å²) in [6, 6.07) is 14.6. The van der Waals surface area contributed by atoms with Gasteiger partial charge in [-0.2, -0.15) is 0 Å². The number of halogens is 1. The third-order valence-corrected chi connectivity index (χ3v) is 4.75. The molecule has 130 valence electrons. The van der Waals surface area contributed by atoms with E-state index in [9.17, 15) is 9.59 Å². The molecule has 0 aromatic heterocycles. The second kappa shape index (κ2) is 7.70. The molecule has 2 aromatic carbocycles. The Labute approximate surface area is 154 Å². The van der Waals surface area contributed by atoms with Gasteiger partial charge in [0.1, 0.15) is 11.5 Å². The van der Waals surface area contributed by atoms with Crippen molar-refractivity contribution in [2.45, 2.75) is 12.8 Å². The van der Waals surface area contributed by atoms with Crippen LogP contribution in [0.25, 0.3) is 0 Å². The Hall–Kier alpha value is -2.34. The van der Waals surface area contributed by atoms with E-state index in [-0.39, 0.29) is 17.7 Å². The molecule has 0 radical (unpaired) electrons. The first kappa shape index (κ1) is 17.5. The molecule has 2 aromatic rings. The lowest BCUT2D eigenvalue weighted by Gasteiger charge is -2.31. The number of carbonyl (C=O) groups excluding carboxylic acids is 2. The largest absolute Gasteiger partial charge is 0.456 e. The van der Waals surface area contributed by atoms with Crippen LogP contribution in [0.4, 0.5) is 0 Å². The standard InChI is InChI=1S/C19H19BrN2O3/c20-14-6-3-7-15(11-14)25-17-9-2-1-8-16(17)19(24)22-10-4-5-13(12-22)18(21)23/h1-3,6-9,11,13H,4-5,10,12H2,(H2,21,23). The number of amides is 2. The minimum absolute atomic E-state index is 0.142. The second-order valence-corrected chi connectivity index (χ2v) is 6.96. The van der Waals surface area contributed by atoms with E-state index < -0.39 is 0 Å². The molecule has 1 atom stereocenters. The summed E-state index contributed by atoms with van der Waals surface area (Å²) in [6.45, 7) is 0.979. The van der Waals surface area contributed by atoms with Gasteiger partial charge in [0.15, 0.2) is 0 Å². The van der Waals surface area contributed by atoms with Crippen molar-refractivity contribution >= 4 is 27.7 Å². The zero-order valence-corrected chi connectivity index (χ0v) is 15.2. The van der Waals surface area contributed by atoms with E-state index in [1.807, 2.05) is 30.3 Å². The van der Waals surface area contributed by atoms with Crippen molar-refractivity contribution in [3.05, 3.63) is 58.6 Å². The van der Waals surface area contributed by atoms with Crippen molar-refractivity contribution in [2.24, 2.45) is 11.7 Å². The van der Waals surface area contributed by atoms with Crippen LogP contribution in [0.15, 0.2) is 53.0 Å². The number of ether oxygens (including phenoxy) is 1. The molecule has 5 nitrogen and oxygen atoms in total. The molecule has 25 heavy (non-hydrogen) atoms. The molecule has 6 heteroatoms. The number of likely N-dealkylation sites (tertiary alicyclic amines) is 1. The van der Waals surface area contributed by atoms with Gasteiger partial charge in [-0.15, -0.1) is 0 Å². The van der Waals surface area contributed by atoms with Gasteiger partial charge in [-0.05, 0) is 43.2 Å². The summed E-state index contributed by atoms with van der Waals surface area (Å²) in [7, 11) is 0. The summed E-state index contributed by atoms with van der Waals surface area (Å²) in [4.78, 5) is 26.1. The van der Waals surface area contributed by atoms with Crippen LogP contribution in [0.5, 0.6) is 11.5 Å². The van der Waals surface area contributed by atoms with E-state index >= 15 is 0 Å². The molecule has 2 amide bonds. The first-order chi connectivity index (χ1) is 12.0. The normalized spacial score (nSPS) is 17.2. The summed E-state index contributed by atoms with van der Waals surface area (Å²) in [5.74, 6) is 0.360. The predicted octanol–water partition coefficient (Wildman–Crippen LogP) is 3.58. The van der Waals surface area contributed by atoms with Crippen LogP contribution in [-0.2, 0) is 4.79 Å². The Balaban J connectivity index is 1.82. The quantitative estimate of drug-likeness (QED) is 0.848. The lowest BCUT2D eigenvalue weighted by Crippen LogP contribution is -2.44. The van der Waals surface area contributed by atoms with Gasteiger partial charge in [0.05, 0.1) is 11.5 Å². The molecule has 0 spiro atoms. The summed E-state index contributed by atoms with van der Waals surface area (Å²) < 4.78 is 6.80. The predicted molar refractivity (Wildman–Crippen MR) is 98.5 cm³/mol. The lowest BCUT2D eigenvalue weighted by atomic mass is 9.97. The van der Waals surface area contributed by atoms with E-state index in [4.69, 9.17) is 10.5 Å². The highest BCUT2D eigenvalue weighted by molar-refractivity contribution is 9.10. The minimum atomic E-state index is -0.351. The van der Waals surface area contributed by atoms with Crippen LogP contribution in [0.1, 0.15) is 23.2 Å². The Morgan fingerprint density at radius 1 is 1.16 bits per heavy atom. The number of para-hydroxylation sites is 1. The zero-order valence-electron chi connectivity index (χ0n) is 13.7. The lowest BCUT2D eigenvalue weighted by molar-refractivity contribution is -0.123. The van der Waals surface area contributed by atoms with Crippen molar-refractivity contribution < 1.29 is 14.3 Å². The molecule has 1 heterocycles. The number of nitrogens with two attached hydrogens (primary N) is 1. The number of hydrogen-bond donors (Lipinski definition) is 1. The van der Waals surface area contributed by atoms with Crippen molar-refractivity contribution in [2.75, 3.05) is 13.1 Å². The van der Waals surface area contributed by atoms with Crippen molar-refractivity contribution in [1.82, 2.24) is 4.90 Å². The number of primary amides is 1. The number of hydrogen-bond acceptors (Lipinski definition) is 3. The molecule has 3 rings (SSSR count). The van der Waals surface area contributed by atoms with Crippen LogP contribution < -0.4 is 10.5 Å². The Morgan fingerprint density at radius 2 is 1.96 bits per heavy atom. The van der Waals surface area contributed by atoms with Crippen LogP contribution >= 0.6 is 15.9 Å². The highest BCUT2D eigenvalue weighted by Crippen LogP contribution is 2.29. The maximum absolute atomic E-state index is 12.9. The van der Waals surface area contributed by atoms with Crippen LogP contribution in [0.2, 0.25) is 0 Å². The molecule has 2 N–H and O–H groups in total. The summed E-state index contributed by atoms with van der Waals surface area (Å²) in [6.07, 6.45) is 1.50. The Morgan fingerprint density at radius 3 is 2.72 bits per heavy atom. The molecule has 1 fully saturated rings. The van der Waals surface area contributed by atoms with E-state index in [1.54, 1.807) is 23.1 Å². The van der Waals surface area contributed by atoms with Gasteiger partial charge in [0, 0.05) is 17.6 Å². The average Bonchev–Trinajstić information content (AvgIpc) is 2.62. The van der Waals surface area contributed by atoms with Crippen LogP contribution in [0, 0.1) is 5.92 Å². The topological polar surface area (TPSA) is 72.6 Å². The molecule has 1 aliphatic rings. The van der Waals surface area contributed by atoms with Crippen molar-refractivity contribution in [3.63, 3.8) is 0 Å². The first-order valence-electron chi connectivity index (χ1n) is 8.15. The molecule has 1 aliphatic heterocycles. The van der Waals surface area contributed by atoms with Crippen molar-refractivity contribution in [3.8, 4) is 11.5 Å². The summed E-state index contributed by atoms with van der Waals surface area (Å²) >= 11 is 3.41. The van der Waals surface area contributed by atoms with Gasteiger partial charge >= 0.3 is 0 Å². The molecule has 1 unspecified atom stereocenters. The van der Waals surface area contributed by atoms with E-state index in [0.717, 1.165) is 17.3 Å². The summed E-state index contributed by atoms with van der Waals surface area (Å²) in [5, 5.41) is 0. The number of benzene rings is 2. The van der Waals surface area contributed by atoms with Crippen LogP contribution in [0.3, 0.4) is 0 Å². The fourth-order valence-corrected chi connectivity index (χ4v) is 3.33. The minimum Gasteiger partial charge on any atom is -0.456 e. The maximum Gasteiger partial charge on any atom is 0.257 e. The smallest absolute Gasteiger partial charge is 0.257 e. The Kier molecular flexibility index (Phi) is 5.38. The van der Waals surface area contributed by atoms with Gasteiger partial charge in [-0.25, -0.2) is 0 Å². The summed E-state index contributed by atoms with van der Waals surface area (Å²) in [5.41, 5.74) is 5.89. The Bertz CT molecular complexity index is 794. The number of carbonyl (C=O) groups is 2. The van der Waals surface area contributed by atoms with Crippen molar-refractivity contribution in [1.29, 1.82) is 0 Å². The molecule has 1 saturated heterocycles. The molecular weight excluding hydrogens is 384 g/mol. The van der Waals surface area contributed by atoms with Gasteiger partial charge < -0.3 is 15.4 Å². The van der Waals surface area contributed by atoms with E-state index in [0.29, 0.717) is 30.2 Å². The maximum atomic E-state index is 12.9. The molecule has 0 saturated carbocycles. The van der Waals surface area contributed by atoms with E-state index in [2.05, 4.69) is 15.9 Å². The zero-order chi connectivity index (χ0) is 17.8. The molecule has 0 bridgehead atoms. The molecule has 0 aliphatic carbocycles. The highest BCUT2D eigenvalue weighted by Gasteiger charge is 2.28. The number of piperidine rings is 1.